The summed E-state index contributed by atoms with van der Waals surface area (Å²) in [4.78, 5) is 21.8. The van der Waals surface area contributed by atoms with Crippen molar-refractivity contribution in [3.63, 3.8) is 0 Å². The highest BCUT2D eigenvalue weighted by Crippen LogP contribution is 2.35. The Bertz CT molecular complexity index is 1100. The van der Waals surface area contributed by atoms with E-state index in [1.165, 1.54) is 0 Å². The van der Waals surface area contributed by atoms with Crippen LogP contribution >= 0.6 is 0 Å². The number of hydrogen-bond donors (Lipinski definition) is 0. The molecule has 8 nitrogen and oxygen atoms in total. The topological polar surface area (TPSA) is 72.2 Å². The minimum Gasteiger partial charge on any atom is -0.493 e. The highest BCUT2D eigenvalue weighted by molar-refractivity contribution is 5.95. The van der Waals surface area contributed by atoms with Gasteiger partial charge in [0.15, 0.2) is 17.1 Å². The van der Waals surface area contributed by atoms with E-state index in [9.17, 15) is 4.79 Å². The molecule has 0 radical (unpaired) electrons. The van der Waals surface area contributed by atoms with Crippen molar-refractivity contribution in [2.75, 3.05) is 47.4 Å². The Hall–Kier alpha value is -3.13. The normalized spacial score (nSPS) is 14.9. The second kappa shape index (κ2) is 7.95. The molecule has 1 aromatic carbocycles. The van der Waals surface area contributed by atoms with Crippen molar-refractivity contribution in [1.29, 1.82) is 0 Å². The van der Waals surface area contributed by atoms with E-state index in [4.69, 9.17) is 14.6 Å². The van der Waals surface area contributed by atoms with Crippen molar-refractivity contribution in [3.05, 3.63) is 41.3 Å². The molecule has 158 valence electrons. The van der Waals surface area contributed by atoms with Gasteiger partial charge in [-0.2, -0.15) is 5.10 Å². The van der Waals surface area contributed by atoms with Crippen LogP contribution in [0.4, 0.5) is 0 Å². The van der Waals surface area contributed by atoms with Gasteiger partial charge < -0.3 is 19.3 Å². The van der Waals surface area contributed by atoms with E-state index < -0.39 is 0 Å². The molecule has 0 atom stereocenters. The Morgan fingerprint density at radius 3 is 2.40 bits per heavy atom. The summed E-state index contributed by atoms with van der Waals surface area (Å²) in [6.45, 7) is 7.07. The number of piperazine rings is 1. The summed E-state index contributed by atoms with van der Waals surface area (Å²) in [5, 5.41) is 4.69. The van der Waals surface area contributed by atoms with Gasteiger partial charge in [-0.05, 0) is 38.6 Å². The molecule has 0 spiro atoms. The summed E-state index contributed by atoms with van der Waals surface area (Å²) in [5.74, 6) is 1.32. The second-order valence-electron chi connectivity index (χ2n) is 7.62. The molecule has 4 rings (SSSR count). The molecule has 1 amide bonds. The molecule has 0 N–H and O–H groups in total. The molecule has 2 aromatic heterocycles. The third-order valence-corrected chi connectivity index (χ3v) is 5.75. The van der Waals surface area contributed by atoms with Crippen LogP contribution in [-0.2, 0) is 0 Å². The van der Waals surface area contributed by atoms with Crippen LogP contribution in [0.2, 0.25) is 0 Å². The van der Waals surface area contributed by atoms with Crippen LogP contribution in [0.5, 0.6) is 11.5 Å². The molecule has 1 saturated heterocycles. The van der Waals surface area contributed by atoms with Gasteiger partial charge >= 0.3 is 0 Å². The summed E-state index contributed by atoms with van der Waals surface area (Å²) in [5.41, 5.74) is 4.78. The Labute approximate surface area is 176 Å². The predicted octanol–water partition coefficient (Wildman–Crippen LogP) is 2.42. The first-order valence-electron chi connectivity index (χ1n) is 9.99. The maximum Gasteiger partial charge on any atom is 0.257 e. The largest absolute Gasteiger partial charge is 0.493 e. The molecule has 1 fully saturated rings. The summed E-state index contributed by atoms with van der Waals surface area (Å²) >= 11 is 0. The van der Waals surface area contributed by atoms with Crippen LogP contribution in [0.15, 0.2) is 24.4 Å². The summed E-state index contributed by atoms with van der Waals surface area (Å²) in [7, 11) is 5.30. The van der Waals surface area contributed by atoms with Gasteiger partial charge in [0.1, 0.15) is 0 Å². The minimum absolute atomic E-state index is 0.0100. The van der Waals surface area contributed by atoms with Crippen molar-refractivity contribution in [3.8, 4) is 22.6 Å². The van der Waals surface area contributed by atoms with Gasteiger partial charge in [0.05, 0.1) is 31.2 Å². The Morgan fingerprint density at radius 1 is 1.03 bits per heavy atom. The van der Waals surface area contributed by atoms with Gasteiger partial charge in [-0.25, -0.2) is 9.50 Å². The van der Waals surface area contributed by atoms with Crippen molar-refractivity contribution < 1.29 is 14.3 Å². The standard InChI is InChI=1S/C22H27N5O3/c1-14-20(16-6-7-18(29-4)19(12-16)30-5)21-23-13-17(15(2)27(21)24-14)22(28)26-10-8-25(3)9-11-26/h6-7,12-13H,8-11H2,1-5H3. The maximum absolute atomic E-state index is 13.1. The number of carbonyl (C=O) groups is 1. The van der Waals surface area contributed by atoms with Crippen LogP contribution in [0.25, 0.3) is 16.8 Å². The molecular formula is C22H27N5O3. The lowest BCUT2D eigenvalue weighted by atomic mass is 10.1. The zero-order valence-electron chi connectivity index (χ0n) is 18.1. The molecule has 8 heteroatoms. The number of amides is 1. The third kappa shape index (κ3) is 3.37. The predicted molar refractivity (Wildman–Crippen MR) is 114 cm³/mol. The van der Waals surface area contributed by atoms with Gasteiger partial charge in [-0.3, -0.25) is 4.79 Å². The summed E-state index contributed by atoms with van der Waals surface area (Å²) in [6, 6.07) is 5.75. The van der Waals surface area contributed by atoms with E-state index in [-0.39, 0.29) is 5.91 Å². The molecule has 0 unspecified atom stereocenters. The molecule has 0 saturated carbocycles. The monoisotopic (exact) mass is 409 g/mol. The number of aryl methyl sites for hydroxylation is 2. The Morgan fingerprint density at radius 2 is 1.73 bits per heavy atom. The molecule has 1 aliphatic heterocycles. The van der Waals surface area contributed by atoms with Crippen LogP contribution in [0.1, 0.15) is 21.7 Å². The number of ether oxygens (including phenoxy) is 2. The van der Waals surface area contributed by atoms with Gasteiger partial charge in [-0.1, -0.05) is 6.07 Å². The smallest absolute Gasteiger partial charge is 0.257 e. The third-order valence-electron chi connectivity index (χ3n) is 5.75. The second-order valence-corrected chi connectivity index (χ2v) is 7.62. The summed E-state index contributed by atoms with van der Waals surface area (Å²) < 4.78 is 12.6. The fourth-order valence-electron chi connectivity index (χ4n) is 3.92. The number of benzene rings is 1. The number of methoxy groups -OCH3 is 2. The van der Waals surface area contributed by atoms with Gasteiger partial charge in [0.25, 0.3) is 5.91 Å². The molecule has 3 heterocycles. The Balaban J connectivity index is 1.76. The number of fused-ring (bicyclic) bond motifs is 1. The number of carbonyl (C=O) groups excluding carboxylic acids is 1. The Kier molecular flexibility index (Phi) is 5.34. The fourth-order valence-corrected chi connectivity index (χ4v) is 3.92. The van der Waals surface area contributed by atoms with Gasteiger partial charge in [0, 0.05) is 37.9 Å². The zero-order valence-corrected chi connectivity index (χ0v) is 18.1. The van der Waals surface area contributed by atoms with E-state index in [2.05, 4.69) is 16.9 Å². The minimum atomic E-state index is 0.0100. The zero-order chi connectivity index (χ0) is 21.4. The summed E-state index contributed by atoms with van der Waals surface area (Å²) in [6.07, 6.45) is 1.68. The fraction of sp³-hybridized carbons (Fsp3) is 0.409. The number of rotatable bonds is 4. The van der Waals surface area contributed by atoms with Crippen LogP contribution in [0.3, 0.4) is 0 Å². The lowest BCUT2D eigenvalue weighted by molar-refractivity contribution is 0.0662. The number of aromatic nitrogens is 3. The quantitative estimate of drug-likeness (QED) is 0.659. The molecular weight excluding hydrogens is 382 g/mol. The molecule has 1 aliphatic rings. The number of nitrogens with zero attached hydrogens (tertiary/aromatic N) is 5. The molecule has 3 aromatic rings. The first-order chi connectivity index (χ1) is 14.4. The highest BCUT2D eigenvalue weighted by atomic mass is 16.5. The van der Waals surface area contributed by atoms with E-state index >= 15 is 0 Å². The van der Waals surface area contributed by atoms with Crippen molar-refractivity contribution >= 4 is 11.6 Å². The van der Waals surface area contributed by atoms with Crippen molar-refractivity contribution in [2.24, 2.45) is 0 Å². The van der Waals surface area contributed by atoms with E-state index in [0.717, 1.165) is 48.7 Å². The molecule has 0 aliphatic carbocycles. The maximum atomic E-state index is 13.1. The lowest BCUT2D eigenvalue weighted by Gasteiger charge is -2.32. The molecule has 0 bridgehead atoms. The van der Waals surface area contributed by atoms with Gasteiger partial charge in [0.2, 0.25) is 0 Å². The van der Waals surface area contributed by atoms with Crippen LogP contribution < -0.4 is 9.47 Å². The molecule has 30 heavy (non-hydrogen) atoms. The van der Waals surface area contributed by atoms with Crippen molar-refractivity contribution in [1.82, 2.24) is 24.4 Å². The highest BCUT2D eigenvalue weighted by Gasteiger charge is 2.24. The average molecular weight is 409 g/mol. The van der Waals surface area contributed by atoms with Crippen LogP contribution in [-0.4, -0.2) is 77.8 Å². The van der Waals surface area contributed by atoms with Crippen molar-refractivity contribution in [2.45, 2.75) is 13.8 Å². The van der Waals surface area contributed by atoms with Crippen LogP contribution in [0, 0.1) is 13.8 Å². The average Bonchev–Trinajstić information content (AvgIpc) is 3.10. The first kappa shape index (κ1) is 20.2. The number of likely N-dealkylation sites (N-methyl/N-ethyl adjacent to an activating group) is 1. The lowest BCUT2D eigenvalue weighted by Crippen LogP contribution is -2.47. The first-order valence-corrected chi connectivity index (χ1v) is 9.99. The number of hydrogen-bond acceptors (Lipinski definition) is 6. The van der Waals surface area contributed by atoms with E-state index in [0.29, 0.717) is 22.7 Å². The van der Waals surface area contributed by atoms with E-state index in [1.54, 1.807) is 24.9 Å². The van der Waals surface area contributed by atoms with E-state index in [1.807, 2.05) is 36.9 Å². The SMILES string of the molecule is COc1ccc(-c2c(C)nn3c(C)c(C(=O)N4CCN(C)CC4)cnc23)cc1OC. The van der Waals surface area contributed by atoms with Gasteiger partial charge in [-0.15, -0.1) is 0 Å².